The molecule has 0 aliphatic heterocycles. The van der Waals surface area contributed by atoms with Crippen LogP contribution in [-0.4, -0.2) is 11.5 Å². The lowest BCUT2D eigenvalue weighted by Crippen LogP contribution is -2.17. The van der Waals surface area contributed by atoms with Crippen LogP contribution >= 0.6 is 27.3 Å². The first-order valence-corrected chi connectivity index (χ1v) is 7.80. The van der Waals surface area contributed by atoms with Gasteiger partial charge in [0.05, 0.1) is 5.69 Å². The van der Waals surface area contributed by atoms with Gasteiger partial charge in [-0.3, -0.25) is 0 Å². The van der Waals surface area contributed by atoms with Gasteiger partial charge in [0.2, 0.25) is 0 Å². The molecule has 5 heteroatoms. The van der Waals surface area contributed by atoms with E-state index < -0.39 is 0 Å². The predicted octanol–water partition coefficient (Wildman–Crippen LogP) is 4.69. The van der Waals surface area contributed by atoms with E-state index in [-0.39, 0.29) is 11.9 Å². The van der Waals surface area contributed by atoms with Crippen molar-refractivity contribution in [2.24, 2.45) is 0 Å². The Morgan fingerprint density at radius 3 is 2.89 bits per heavy atom. The van der Waals surface area contributed by atoms with Crippen LogP contribution in [0.4, 0.5) is 4.39 Å². The van der Waals surface area contributed by atoms with Gasteiger partial charge in [-0.2, -0.15) is 0 Å². The van der Waals surface area contributed by atoms with Gasteiger partial charge in [-0.05, 0) is 38.6 Å². The average Bonchev–Trinajstić information content (AvgIpc) is 2.74. The first-order chi connectivity index (χ1) is 9.02. The molecule has 0 aliphatic carbocycles. The van der Waals surface area contributed by atoms with Crippen LogP contribution in [0.3, 0.4) is 0 Å². The lowest BCUT2D eigenvalue weighted by atomic mass is 10.2. The zero-order valence-electron chi connectivity index (χ0n) is 11.1. The fourth-order valence-electron chi connectivity index (χ4n) is 1.99. The van der Waals surface area contributed by atoms with Crippen LogP contribution in [0, 0.1) is 12.7 Å². The second-order valence-corrected chi connectivity index (χ2v) is 6.26. The molecule has 102 valence electrons. The highest BCUT2D eigenvalue weighted by Gasteiger charge is 2.16. The molecule has 0 saturated heterocycles. The molecule has 0 bridgehead atoms. The molecule has 1 aromatic heterocycles. The summed E-state index contributed by atoms with van der Waals surface area (Å²) in [5.74, 6) is -0.243. The molecule has 1 unspecified atom stereocenters. The van der Waals surface area contributed by atoms with Gasteiger partial charge in [0.25, 0.3) is 0 Å². The van der Waals surface area contributed by atoms with Crippen LogP contribution < -0.4 is 5.32 Å². The molecular weight excluding hydrogens is 327 g/mol. The summed E-state index contributed by atoms with van der Waals surface area (Å²) in [7, 11) is 0. The second kappa shape index (κ2) is 6.11. The summed E-state index contributed by atoms with van der Waals surface area (Å²) in [4.78, 5) is 5.77. The van der Waals surface area contributed by atoms with Crippen LogP contribution in [0.2, 0.25) is 0 Å². The number of benzene rings is 1. The predicted molar refractivity (Wildman–Crippen MR) is 82.0 cm³/mol. The summed E-state index contributed by atoms with van der Waals surface area (Å²) in [5.41, 5.74) is 1.81. The first-order valence-electron chi connectivity index (χ1n) is 6.19. The lowest BCUT2D eigenvalue weighted by molar-refractivity contribution is 0.603. The zero-order valence-corrected chi connectivity index (χ0v) is 13.5. The number of aromatic nitrogens is 1. The van der Waals surface area contributed by atoms with Gasteiger partial charge in [-0.15, -0.1) is 11.3 Å². The lowest BCUT2D eigenvalue weighted by Gasteiger charge is -2.09. The molecule has 0 fully saturated rings. The Morgan fingerprint density at radius 1 is 1.47 bits per heavy atom. The van der Waals surface area contributed by atoms with Crippen molar-refractivity contribution >= 4 is 27.3 Å². The molecule has 1 heterocycles. The standard InChI is InChI=1S/C14H16BrFN2S/c1-4-17-8(2)13-9(3)18-14(19-13)11-7-10(16)5-6-12(11)15/h5-8,17H,4H2,1-3H3. The fourth-order valence-corrected chi connectivity index (χ4v) is 3.67. The minimum atomic E-state index is -0.243. The van der Waals surface area contributed by atoms with E-state index in [9.17, 15) is 4.39 Å². The summed E-state index contributed by atoms with van der Waals surface area (Å²) in [6.07, 6.45) is 0. The van der Waals surface area contributed by atoms with Crippen LogP contribution in [0.5, 0.6) is 0 Å². The summed E-state index contributed by atoms with van der Waals surface area (Å²) >= 11 is 5.07. The summed E-state index contributed by atoms with van der Waals surface area (Å²) in [5, 5.41) is 4.23. The van der Waals surface area contributed by atoms with Crippen molar-refractivity contribution in [3.63, 3.8) is 0 Å². The fraction of sp³-hybridized carbons (Fsp3) is 0.357. The Balaban J connectivity index is 2.41. The van der Waals surface area contributed by atoms with E-state index in [2.05, 4.69) is 40.1 Å². The van der Waals surface area contributed by atoms with Crippen molar-refractivity contribution in [2.75, 3.05) is 6.54 Å². The molecule has 0 saturated carbocycles. The number of thiazole rings is 1. The highest BCUT2D eigenvalue weighted by molar-refractivity contribution is 9.10. The van der Waals surface area contributed by atoms with Crippen molar-refractivity contribution < 1.29 is 4.39 Å². The van der Waals surface area contributed by atoms with Crippen LogP contribution in [0.1, 0.15) is 30.5 Å². The van der Waals surface area contributed by atoms with Gasteiger partial charge >= 0.3 is 0 Å². The summed E-state index contributed by atoms with van der Waals surface area (Å²) < 4.78 is 14.2. The molecule has 1 N–H and O–H groups in total. The van der Waals surface area contributed by atoms with E-state index in [1.165, 1.54) is 17.0 Å². The minimum absolute atomic E-state index is 0.243. The molecule has 0 amide bonds. The van der Waals surface area contributed by atoms with Crippen molar-refractivity contribution in [3.8, 4) is 10.6 Å². The number of nitrogens with zero attached hydrogens (tertiary/aromatic N) is 1. The number of nitrogens with one attached hydrogen (secondary N) is 1. The molecule has 2 aromatic rings. The zero-order chi connectivity index (χ0) is 14.0. The normalized spacial score (nSPS) is 12.7. The van der Waals surface area contributed by atoms with E-state index in [1.54, 1.807) is 17.4 Å². The topological polar surface area (TPSA) is 24.9 Å². The first kappa shape index (κ1) is 14.6. The van der Waals surface area contributed by atoms with Gasteiger partial charge in [0, 0.05) is 21.0 Å². The summed E-state index contributed by atoms with van der Waals surface area (Å²) in [6.45, 7) is 7.11. The van der Waals surface area contributed by atoms with Crippen LogP contribution in [0.15, 0.2) is 22.7 Å². The van der Waals surface area contributed by atoms with Gasteiger partial charge in [0.1, 0.15) is 10.8 Å². The van der Waals surface area contributed by atoms with E-state index in [0.29, 0.717) is 0 Å². The third kappa shape index (κ3) is 3.22. The molecule has 0 spiro atoms. The Bertz CT molecular complexity index is 583. The maximum Gasteiger partial charge on any atom is 0.125 e. The SMILES string of the molecule is CCNC(C)c1sc(-c2cc(F)ccc2Br)nc1C. The highest BCUT2D eigenvalue weighted by Crippen LogP contribution is 2.35. The molecule has 2 rings (SSSR count). The van der Waals surface area contributed by atoms with E-state index in [1.807, 2.05) is 6.92 Å². The van der Waals surface area contributed by atoms with Crippen LogP contribution in [0.25, 0.3) is 10.6 Å². The van der Waals surface area contributed by atoms with Gasteiger partial charge in [-0.25, -0.2) is 9.37 Å². The smallest absolute Gasteiger partial charge is 0.125 e. The quantitative estimate of drug-likeness (QED) is 0.871. The molecule has 0 aliphatic rings. The van der Waals surface area contributed by atoms with Gasteiger partial charge in [-0.1, -0.05) is 22.9 Å². The number of hydrogen-bond donors (Lipinski definition) is 1. The number of rotatable bonds is 4. The van der Waals surface area contributed by atoms with Crippen molar-refractivity contribution in [1.29, 1.82) is 0 Å². The largest absolute Gasteiger partial charge is 0.310 e. The maximum absolute atomic E-state index is 13.4. The van der Waals surface area contributed by atoms with Gasteiger partial charge < -0.3 is 5.32 Å². The molecule has 2 nitrogen and oxygen atoms in total. The Morgan fingerprint density at radius 2 is 2.21 bits per heavy atom. The monoisotopic (exact) mass is 342 g/mol. The minimum Gasteiger partial charge on any atom is -0.310 e. The van der Waals surface area contributed by atoms with Crippen molar-refractivity contribution in [2.45, 2.75) is 26.8 Å². The third-order valence-electron chi connectivity index (χ3n) is 2.89. The Hall–Kier alpha value is -0.780. The average molecular weight is 343 g/mol. The van der Waals surface area contributed by atoms with E-state index >= 15 is 0 Å². The van der Waals surface area contributed by atoms with E-state index in [0.717, 1.165) is 27.3 Å². The molecule has 0 radical (unpaired) electrons. The number of hydrogen-bond acceptors (Lipinski definition) is 3. The van der Waals surface area contributed by atoms with Crippen LogP contribution in [-0.2, 0) is 0 Å². The van der Waals surface area contributed by atoms with E-state index in [4.69, 9.17) is 0 Å². The maximum atomic E-state index is 13.4. The van der Waals surface area contributed by atoms with Crippen molar-refractivity contribution in [3.05, 3.63) is 39.1 Å². The Kier molecular flexibility index (Phi) is 4.71. The van der Waals surface area contributed by atoms with Gasteiger partial charge in [0.15, 0.2) is 0 Å². The molecule has 1 atom stereocenters. The molecular formula is C14H16BrFN2S. The second-order valence-electron chi connectivity index (χ2n) is 4.37. The Labute approximate surface area is 125 Å². The van der Waals surface area contributed by atoms with Crippen molar-refractivity contribution in [1.82, 2.24) is 10.3 Å². The molecule has 1 aromatic carbocycles. The number of aryl methyl sites for hydroxylation is 1. The summed E-state index contributed by atoms with van der Waals surface area (Å²) in [6, 6.07) is 4.94. The third-order valence-corrected chi connectivity index (χ3v) is 4.96. The highest BCUT2D eigenvalue weighted by atomic mass is 79.9. The molecule has 19 heavy (non-hydrogen) atoms. The number of halogens is 2.